The molecule has 4 rings (SSSR count). The van der Waals surface area contributed by atoms with Crippen LogP contribution in [0.4, 0.5) is 10.8 Å². The van der Waals surface area contributed by atoms with Gasteiger partial charge in [0.05, 0.1) is 23.7 Å². The molecule has 0 bridgehead atoms. The van der Waals surface area contributed by atoms with E-state index in [2.05, 4.69) is 15.5 Å². The first-order valence-electron chi connectivity index (χ1n) is 10.7. The maximum Gasteiger partial charge on any atom is 0.284 e. The van der Waals surface area contributed by atoms with Gasteiger partial charge in [-0.25, -0.2) is 0 Å². The van der Waals surface area contributed by atoms with Gasteiger partial charge in [0.25, 0.3) is 11.6 Å². The third kappa shape index (κ3) is 5.98. The van der Waals surface area contributed by atoms with E-state index in [1.165, 1.54) is 37.5 Å². The lowest BCUT2D eigenvalue weighted by atomic mass is 10.1. The van der Waals surface area contributed by atoms with E-state index in [4.69, 9.17) is 13.9 Å². The Kier molecular flexibility index (Phi) is 7.56. The first kappa shape index (κ1) is 25.1. The van der Waals surface area contributed by atoms with Crippen molar-refractivity contribution in [3.63, 3.8) is 0 Å². The number of anilines is 1. The molecule has 0 saturated carbocycles. The number of carbonyl (C=O) groups excluding carboxylic acids is 1. The monoisotopic (exact) mass is 517 g/mol. The summed E-state index contributed by atoms with van der Waals surface area (Å²) in [4.78, 5) is 23.6. The zero-order chi connectivity index (χ0) is 26.4. The van der Waals surface area contributed by atoms with Gasteiger partial charge in [0, 0.05) is 6.08 Å². The molecule has 0 atom stereocenters. The topological polar surface area (TPSA) is 153 Å². The van der Waals surface area contributed by atoms with Gasteiger partial charge in [-0.05, 0) is 42.8 Å². The van der Waals surface area contributed by atoms with E-state index in [9.17, 15) is 20.2 Å². The van der Waals surface area contributed by atoms with E-state index in [1.54, 1.807) is 6.07 Å². The number of aryl methyl sites for hydroxylation is 1. The number of nitriles is 1. The summed E-state index contributed by atoms with van der Waals surface area (Å²) in [5, 5.41) is 32.2. The third-order valence-corrected chi connectivity index (χ3v) is 5.89. The van der Waals surface area contributed by atoms with Crippen LogP contribution in [0.1, 0.15) is 16.3 Å². The van der Waals surface area contributed by atoms with Crippen LogP contribution in [0.5, 0.6) is 11.5 Å². The van der Waals surface area contributed by atoms with Gasteiger partial charge in [-0.2, -0.15) is 5.26 Å². The highest BCUT2D eigenvalue weighted by atomic mass is 32.1. The van der Waals surface area contributed by atoms with Crippen molar-refractivity contribution in [1.82, 2.24) is 10.2 Å². The number of furan rings is 1. The molecule has 186 valence electrons. The zero-order valence-electron chi connectivity index (χ0n) is 19.6. The second kappa shape index (κ2) is 11.1. The minimum absolute atomic E-state index is 0.163. The third-order valence-electron chi connectivity index (χ3n) is 5.08. The smallest absolute Gasteiger partial charge is 0.284 e. The van der Waals surface area contributed by atoms with E-state index < -0.39 is 10.8 Å². The normalized spacial score (nSPS) is 11.0. The van der Waals surface area contributed by atoms with Crippen molar-refractivity contribution < 1.29 is 23.6 Å². The van der Waals surface area contributed by atoms with E-state index >= 15 is 0 Å². The lowest BCUT2D eigenvalue weighted by Gasteiger charge is -2.06. The maximum absolute atomic E-state index is 12.6. The highest BCUT2D eigenvalue weighted by Gasteiger charge is 2.20. The molecular weight excluding hydrogens is 498 g/mol. The summed E-state index contributed by atoms with van der Waals surface area (Å²) in [5.74, 6) is 0.693. The molecule has 2 aromatic carbocycles. The summed E-state index contributed by atoms with van der Waals surface area (Å²) in [6.45, 7) is 2.10. The van der Waals surface area contributed by atoms with Crippen LogP contribution in [-0.2, 0) is 11.4 Å². The Morgan fingerprint density at radius 2 is 2.05 bits per heavy atom. The first-order valence-corrected chi connectivity index (χ1v) is 11.6. The SMILES string of the molecule is COc1ccc(-c2ccc(/C=C(/C#N)C(=O)Nc3nnc(COc4ccccc4C)s3)o2)c([N+](=O)[O-])c1. The Balaban J connectivity index is 1.45. The molecule has 0 aliphatic heterocycles. The molecule has 0 spiro atoms. The minimum Gasteiger partial charge on any atom is -0.497 e. The quantitative estimate of drug-likeness (QED) is 0.137. The summed E-state index contributed by atoms with van der Waals surface area (Å²) in [7, 11) is 1.41. The Morgan fingerprint density at radius 1 is 1.24 bits per heavy atom. The maximum atomic E-state index is 12.6. The molecule has 0 aliphatic carbocycles. The summed E-state index contributed by atoms with van der Waals surface area (Å²) in [6, 6.07) is 16.7. The van der Waals surface area contributed by atoms with Gasteiger partial charge in [-0.1, -0.05) is 29.5 Å². The number of hydrogen-bond acceptors (Lipinski definition) is 10. The van der Waals surface area contributed by atoms with Gasteiger partial charge in [0.15, 0.2) is 5.01 Å². The molecule has 11 nitrogen and oxygen atoms in total. The number of benzene rings is 2. The molecular formula is C25H19N5O6S. The van der Waals surface area contributed by atoms with Gasteiger partial charge < -0.3 is 13.9 Å². The fourth-order valence-electron chi connectivity index (χ4n) is 3.25. The molecule has 0 unspecified atom stereocenters. The molecule has 1 amide bonds. The predicted molar refractivity (Wildman–Crippen MR) is 135 cm³/mol. The summed E-state index contributed by atoms with van der Waals surface area (Å²) in [6.07, 6.45) is 1.23. The largest absolute Gasteiger partial charge is 0.497 e. The molecule has 2 aromatic heterocycles. The molecule has 2 heterocycles. The van der Waals surface area contributed by atoms with Crippen LogP contribution in [0.25, 0.3) is 17.4 Å². The van der Waals surface area contributed by atoms with Crippen LogP contribution in [0, 0.1) is 28.4 Å². The number of methoxy groups -OCH3 is 1. The Labute approximate surface area is 214 Å². The van der Waals surface area contributed by atoms with Gasteiger partial charge >= 0.3 is 0 Å². The van der Waals surface area contributed by atoms with Crippen LogP contribution in [0.15, 0.2) is 64.6 Å². The van der Waals surface area contributed by atoms with E-state index in [0.717, 1.165) is 22.6 Å². The fourth-order valence-corrected chi connectivity index (χ4v) is 3.90. The molecule has 1 N–H and O–H groups in total. The van der Waals surface area contributed by atoms with Gasteiger partial charge in [0.2, 0.25) is 5.13 Å². The van der Waals surface area contributed by atoms with Crippen LogP contribution in [0.2, 0.25) is 0 Å². The van der Waals surface area contributed by atoms with Crippen molar-refractivity contribution in [2.75, 3.05) is 12.4 Å². The Bertz CT molecular complexity index is 1530. The number of rotatable bonds is 9. The van der Waals surface area contributed by atoms with Crippen molar-refractivity contribution in [2.24, 2.45) is 0 Å². The molecule has 0 aliphatic rings. The standard InChI is InChI=1S/C25H19N5O6S/c1-15-5-3-4-6-21(15)35-14-23-28-29-25(37-23)27-24(31)16(13-26)11-18-8-10-22(36-18)19-9-7-17(34-2)12-20(19)30(32)33/h3-12H,14H2,1-2H3,(H,27,29,31)/b16-11-. The number of hydrogen-bond donors (Lipinski definition) is 1. The number of nitrogens with one attached hydrogen (secondary N) is 1. The minimum atomic E-state index is -0.710. The van der Waals surface area contributed by atoms with Gasteiger partial charge in [0.1, 0.15) is 41.3 Å². The fraction of sp³-hybridized carbons (Fsp3) is 0.120. The number of carbonyl (C=O) groups is 1. The lowest BCUT2D eigenvalue weighted by Crippen LogP contribution is -2.13. The number of nitro groups is 1. The lowest BCUT2D eigenvalue weighted by molar-refractivity contribution is -0.384. The number of ether oxygens (including phenoxy) is 2. The zero-order valence-corrected chi connectivity index (χ0v) is 20.4. The van der Waals surface area contributed by atoms with Crippen molar-refractivity contribution in [2.45, 2.75) is 13.5 Å². The number of para-hydroxylation sites is 1. The highest BCUT2D eigenvalue weighted by molar-refractivity contribution is 7.15. The molecule has 0 radical (unpaired) electrons. The van der Waals surface area contributed by atoms with Crippen molar-refractivity contribution in [1.29, 1.82) is 5.26 Å². The average Bonchev–Trinajstić information content (AvgIpc) is 3.55. The Morgan fingerprint density at radius 3 is 2.78 bits per heavy atom. The van der Waals surface area contributed by atoms with E-state index in [0.29, 0.717) is 10.8 Å². The van der Waals surface area contributed by atoms with Crippen molar-refractivity contribution >= 4 is 34.1 Å². The molecule has 0 saturated heterocycles. The second-order valence-electron chi connectivity index (χ2n) is 7.52. The number of amides is 1. The van der Waals surface area contributed by atoms with Gasteiger partial charge in [-0.3, -0.25) is 20.2 Å². The van der Waals surface area contributed by atoms with Crippen LogP contribution in [-0.4, -0.2) is 28.1 Å². The second-order valence-corrected chi connectivity index (χ2v) is 8.58. The Hall–Kier alpha value is -5.02. The first-order chi connectivity index (χ1) is 17.9. The average molecular weight is 518 g/mol. The van der Waals surface area contributed by atoms with Crippen LogP contribution >= 0.6 is 11.3 Å². The summed E-state index contributed by atoms with van der Waals surface area (Å²) < 4.78 is 16.4. The molecule has 0 fully saturated rings. The van der Waals surface area contributed by atoms with E-state index in [1.807, 2.05) is 37.3 Å². The van der Waals surface area contributed by atoms with Crippen LogP contribution in [0.3, 0.4) is 0 Å². The van der Waals surface area contributed by atoms with Crippen molar-refractivity contribution in [3.8, 4) is 28.9 Å². The number of nitrogens with zero attached hydrogens (tertiary/aromatic N) is 4. The summed E-state index contributed by atoms with van der Waals surface area (Å²) in [5.41, 5.74) is 0.744. The predicted octanol–water partition coefficient (Wildman–Crippen LogP) is 5.15. The number of nitro benzene ring substituents is 1. The number of aromatic nitrogens is 2. The highest BCUT2D eigenvalue weighted by Crippen LogP contribution is 2.34. The van der Waals surface area contributed by atoms with Gasteiger partial charge in [-0.15, -0.1) is 10.2 Å². The molecule has 4 aromatic rings. The molecule has 12 heteroatoms. The molecule has 37 heavy (non-hydrogen) atoms. The van der Waals surface area contributed by atoms with E-state index in [-0.39, 0.29) is 40.1 Å². The van der Waals surface area contributed by atoms with Crippen molar-refractivity contribution in [3.05, 3.63) is 86.6 Å². The van der Waals surface area contributed by atoms with Crippen LogP contribution < -0.4 is 14.8 Å². The summed E-state index contributed by atoms with van der Waals surface area (Å²) >= 11 is 1.12.